The van der Waals surface area contributed by atoms with E-state index in [1.165, 1.54) is 7.11 Å². The number of rotatable bonds is 5. The first-order chi connectivity index (χ1) is 10.8. The highest BCUT2D eigenvalue weighted by atomic mass is 19.1. The normalized spacial score (nSPS) is 24.0. The number of hydrogen-bond donors (Lipinski definition) is 3. The lowest BCUT2D eigenvalue weighted by Crippen LogP contribution is -2.44. The highest BCUT2D eigenvalue weighted by Crippen LogP contribution is 2.34. The molecule has 7 nitrogen and oxygen atoms in total. The Balaban J connectivity index is 2.14. The van der Waals surface area contributed by atoms with Gasteiger partial charge in [0.25, 0.3) is 0 Å². The Bertz CT molecular complexity index is 620. The molecule has 0 atom stereocenters. The Morgan fingerprint density at radius 3 is 2.30 bits per heavy atom. The Morgan fingerprint density at radius 2 is 1.83 bits per heavy atom. The number of hydrogen-bond acceptors (Lipinski definition) is 5. The summed E-state index contributed by atoms with van der Waals surface area (Å²) in [4.78, 5) is 22.1. The van der Waals surface area contributed by atoms with Gasteiger partial charge in [0, 0.05) is 12.1 Å². The van der Waals surface area contributed by atoms with Crippen molar-refractivity contribution in [3.8, 4) is 11.5 Å². The van der Waals surface area contributed by atoms with Crippen molar-refractivity contribution in [3.63, 3.8) is 0 Å². The lowest BCUT2D eigenvalue weighted by atomic mass is 9.83. The minimum Gasteiger partial charge on any atom is -0.496 e. The number of aliphatic hydroxyl groups is 1. The van der Waals surface area contributed by atoms with Crippen molar-refractivity contribution < 1.29 is 38.8 Å². The summed E-state index contributed by atoms with van der Waals surface area (Å²) in [6.07, 6.45) is -0.0975. The Kier molecular flexibility index (Phi) is 4.74. The van der Waals surface area contributed by atoms with Crippen LogP contribution in [0.25, 0.3) is 0 Å². The van der Waals surface area contributed by atoms with Gasteiger partial charge in [-0.15, -0.1) is 0 Å². The van der Waals surface area contributed by atoms with Gasteiger partial charge in [0.2, 0.25) is 0 Å². The number of halogens is 1. The Morgan fingerprint density at radius 1 is 1.22 bits per heavy atom. The van der Waals surface area contributed by atoms with Crippen LogP contribution in [0.3, 0.4) is 0 Å². The lowest BCUT2D eigenvalue weighted by Gasteiger charge is -2.32. The third-order valence-electron chi connectivity index (χ3n) is 3.94. The number of ether oxygens (including phenoxy) is 2. The molecule has 1 aromatic rings. The molecule has 0 radical (unpaired) electrons. The van der Waals surface area contributed by atoms with Crippen molar-refractivity contribution in [2.75, 3.05) is 7.11 Å². The third kappa shape index (κ3) is 3.53. The van der Waals surface area contributed by atoms with Gasteiger partial charge in [-0.05, 0) is 25.7 Å². The molecule has 1 fully saturated rings. The molecule has 1 aliphatic carbocycles. The minimum absolute atomic E-state index is 0.0173. The van der Waals surface area contributed by atoms with Crippen LogP contribution in [-0.4, -0.2) is 46.1 Å². The maximum atomic E-state index is 14.0. The molecule has 0 bridgehead atoms. The van der Waals surface area contributed by atoms with Crippen LogP contribution in [0.1, 0.15) is 36.0 Å². The summed E-state index contributed by atoms with van der Waals surface area (Å²) >= 11 is 0. The maximum absolute atomic E-state index is 14.0. The minimum atomic E-state index is -1.79. The van der Waals surface area contributed by atoms with Gasteiger partial charge >= 0.3 is 11.9 Å². The molecule has 0 unspecified atom stereocenters. The van der Waals surface area contributed by atoms with Crippen LogP contribution >= 0.6 is 0 Å². The number of benzene rings is 1. The number of methoxy groups -OCH3 is 1. The molecule has 3 N–H and O–H groups in total. The van der Waals surface area contributed by atoms with E-state index in [0.29, 0.717) is 0 Å². The first kappa shape index (κ1) is 17.0. The fraction of sp³-hybridized carbons (Fsp3) is 0.467. The molecule has 0 aliphatic heterocycles. The zero-order chi connectivity index (χ0) is 17.2. The first-order valence-corrected chi connectivity index (χ1v) is 7.00. The predicted octanol–water partition coefficient (Wildman–Crippen LogP) is 1.67. The smallest absolute Gasteiger partial charge is 0.339 e. The molecule has 2 rings (SSSR count). The first-order valence-electron chi connectivity index (χ1n) is 7.00. The fourth-order valence-corrected chi connectivity index (χ4v) is 2.54. The van der Waals surface area contributed by atoms with Gasteiger partial charge in [-0.2, -0.15) is 0 Å². The van der Waals surface area contributed by atoms with Gasteiger partial charge in [0.05, 0.1) is 13.2 Å². The standard InChI is InChI=1S/C15H17FO7/c1-22-11-7-10(16)12(6-9(11)13(17)18)23-8-2-4-15(21,5-3-8)14(19)20/h6-8,21H,2-5H2,1H3,(H,17,18)(H,19,20). The molecule has 0 heterocycles. The summed E-state index contributed by atoms with van der Waals surface area (Å²) in [6.45, 7) is 0. The average Bonchev–Trinajstić information content (AvgIpc) is 2.50. The van der Waals surface area contributed by atoms with Gasteiger partial charge in [-0.1, -0.05) is 0 Å². The van der Waals surface area contributed by atoms with Crippen LogP contribution in [0.15, 0.2) is 12.1 Å². The lowest BCUT2D eigenvalue weighted by molar-refractivity contribution is -0.163. The average molecular weight is 328 g/mol. The second-order valence-corrected chi connectivity index (χ2v) is 5.44. The van der Waals surface area contributed by atoms with Crippen LogP contribution in [-0.2, 0) is 4.79 Å². The molecule has 0 amide bonds. The topological polar surface area (TPSA) is 113 Å². The van der Waals surface area contributed by atoms with Gasteiger partial charge in [0.15, 0.2) is 17.2 Å². The Labute approximate surface area is 131 Å². The fourth-order valence-electron chi connectivity index (χ4n) is 2.54. The van der Waals surface area contributed by atoms with E-state index in [1.54, 1.807) is 0 Å². The van der Waals surface area contributed by atoms with E-state index in [4.69, 9.17) is 19.7 Å². The summed E-state index contributed by atoms with van der Waals surface area (Å²) in [5.41, 5.74) is -2.02. The van der Waals surface area contributed by atoms with Crippen LogP contribution < -0.4 is 9.47 Å². The van der Waals surface area contributed by atoms with Crippen molar-refractivity contribution >= 4 is 11.9 Å². The molecule has 1 aliphatic rings. The number of aliphatic carboxylic acids is 1. The molecule has 23 heavy (non-hydrogen) atoms. The molecule has 8 heteroatoms. The molecule has 0 saturated heterocycles. The molecule has 126 valence electrons. The quantitative estimate of drug-likeness (QED) is 0.753. The maximum Gasteiger partial charge on any atom is 0.339 e. The van der Waals surface area contributed by atoms with Crippen molar-refractivity contribution in [1.29, 1.82) is 0 Å². The SMILES string of the molecule is COc1cc(F)c(OC2CCC(O)(C(=O)O)CC2)cc1C(=O)O. The van der Waals surface area contributed by atoms with Crippen molar-refractivity contribution in [1.82, 2.24) is 0 Å². The molecule has 1 aromatic carbocycles. The molecule has 0 spiro atoms. The summed E-state index contributed by atoms with van der Waals surface area (Å²) in [7, 11) is 1.23. The number of carboxylic acids is 2. The van der Waals surface area contributed by atoms with E-state index >= 15 is 0 Å². The van der Waals surface area contributed by atoms with Crippen molar-refractivity contribution in [2.24, 2.45) is 0 Å². The van der Waals surface area contributed by atoms with Crippen LogP contribution in [0.2, 0.25) is 0 Å². The third-order valence-corrected chi connectivity index (χ3v) is 3.94. The molecule has 1 saturated carbocycles. The van der Waals surface area contributed by atoms with Gasteiger partial charge in [-0.3, -0.25) is 0 Å². The van der Waals surface area contributed by atoms with Crippen molar-refractivity contribution in [3.05, 3.63) is 23.5 Å². The zero-order valence-electron chi connectivity index (χ0n) is 12.4. The largest absolute Gasteiger partial charge is 0.496 e. The van der Waals surface area contributed by atoms with E-state index in [1.807, 2.05) is 0 Å². The van der Waals surface area contributed by atoms with Gasteiger partial charge in [-0.25, -0.2) is 14.0 Å². The van der Waals surface area contributed by atoms with E-state index < -0.39 is 29.5 Å². The van der Waals surface area contributed by atoms with E-state index in [9.17, 15) is 19.1 Å². The molecular weight excluding hydrogens is 311 g/mol. The highest BCUT2D eigenvalue weighted by Gasteiger charge is 2.40. The predicted molar refractivity (Wildman–Crippen MR) is 75.4 cm³/mol. The van der Waals surface area contributed by atoms with Gasteiger partial charge in [0.1, 0.15) is 11.3 Å². The molecule has 0 aromatic heterocycles. The van der Waals surface area contributed by atoms with E-state index in [-0.39, 0.29) is 42.7 Å². The highest BCUT2D eigenvalue weighted by molar-refractivity contribution is 5.91. The summed E-state index contributed by atoms with van der Waals surface area (Å²) in [5.74, 6) is -3.71. The summed E-state index contributed by atoms with van der Waals surface area (Å²) in [6, 6.07) is 1.96. The second kappa shape index (κ2) is 6.41. The van der Waals surface area contributed by atoms with E-state index in [2.05, 4.69) is 0 Å². The number of aromatic carboxylic acids is 1. The summed E-state index contributed by atoms with van der Waals surface area (Å²) in [5, 5.41) is 27.9. The van der Waals surface area contributed by atoms with E-state index in [0.717, 1.165) is 12.1 Å². The van der Waals surface area contributed by atoms with Crippen molar-refractivity contribution in [2.45, 2.75) is 37.4 Å². The number of carbonyl (C=O) groups is 2. The number of carboxylic acid groups (broad SMARTS) is 2. The van der Waals surface area contributed by atoms with Crippen LogP contribution in [0.5, 0.6) is 11.5 Å². The molecular formula is C15H17FO7. The van der Waals surface area contributed by atoms with Crippen LogP contribution in [0, 0.1) is 5.82 Å². The monoisotopic (exact) mass is 328 g/mol. The zero-order valence-corrected chi connectivity index (χ0v) is 12.4. The van der Waals surface area contributed by atoms with Gasteiger partial charge < -0.3 is 24.8 Å². The Hall–Kier alpha value is -2.35. The second-order valence-electron chi connectivity index (χ2n) is 5.44. The summed E-state index contributed by atoms with van der Waals surface area (Å²) < 4.78 is 24.2. The van der Waals surface area contributed by atoms with Crippen LogP contribution in [0.4, 0.5) is 4.39 Å².